The molecular formula is C13H16F2N4. The summed E-state index contributed by atoms with van der Waals surface area (Å²) < 4.78 is 27.6. The molecule has 1 aromatic heterocycles. The van der Waals surface area contributed by atoms with Gasteiger partial charge in [-0.15, -0.1) is 5.10 Å². The first-order valence-electron chi connectivity index (χ1n) is 6.22. The zero-order valence-corrected chi connectivity index (χ0v) is 10.7. The van der Waals surface area contributed by atoms with Crippen LogP contribution in [0.4, 0.5) is 8.78 Å². The minimum atomic E-state index is -0.811. The lowest BCUT2D eigenvalue weighted by molar-refractivity contribution is 0.506. The molecule has 2 rings (SSSR count). The van der Waals surface area contributed by atoms with Crippen molar-refractivity contribution >= 4 is 0 Å². The van der Waals surface area contributed by atoms with Crippen LogP contribution in [0.5, 0.6) is 0 Å². The first-order valence-corrected chi connectivity index (χ1v) is 6.22. The first kappa shape index (κ1) is 13.6. The van der Waals surface area contributed by atoms with E-state index in [1.165, 1.54) is 6.07 Å². The van der Waals surface area contributed by atoms with Gasteiger partial charge in [0.2, 0.25) is 0 Å². The van der Waals surface area contributed by atoms with Crippen molar-refractivity contribution in [3.63, 3.8) is 0 Å². The summed E-state index contributed by atoms with van der Waals surface area (Å²) in [5.41, 5.74) is 1.78. The highest BCUT2D eigenvalue weighted by Crippen LogP contribution is 2.08. The van der Waals surface area contributed by atoms with Crippen molar-refractivity contribution in [2.75, 3.05) is 6.54 Å². The molecular weight excluding hydrogens is 250 g/mol. The van der Waals surface area contributed by atoms with E-state index in [0.717, 1.165) is 23.9 Å². The topological polar surface area (TPSA) is 42.7 Å². The van der Waals surface area contributed by atoms with Gasteiger partial charge >= 0.3 is 0 Å². The molecule has 1 N–H and O–H groups in total. The Kier molecular flexibility index (Phi) is 4.57. The number of hydrogen-bond donors (Lipinski definition) is 1. The predicted octanol–water partition coefficient (Wildman–Crippen LogP) is 1.91. The summed E-state index contributed by atoms with van der Waals surface area (Å²) in [5.74, 6) is -1.61. The molecule has 0 fully saturated rings. The Hall–Kier alpha value is -1.82. The summed E-state index contributed by atoms with van der Waals surface area (Å²) in [6.07, 6.45) is 2.36. The van der Waals surface area contributed by atoms with Crippen LogP contribution in [0.3, 0.4) is 0 Å². The molecule has 0 aliphatic heterocycles. The maximum Gasteiger partial charge on any atom is 0.159 e. The molecule has 6 heteroatoms. The van der Waals surface area contributed by atoms with Crippen LogP contribution in [-0.4, -0.2) is 21.5 Å². The third-order valence-corrected chi connectivity index (χ3v) is 2.88. The standard InChI is InChI=1S/C13H16F2N4/c1-2-19-11(9-17-18-19)8-16-6-5-10-3-4-12(14)13(15)7-10/h3-4,7,9,16H,2,5-6,8H2,1H3. The molecule has 1 heterocycles. The van der Waals surface area contributed by atoms with Gasteiger partial charge in [-0.05, 0) is 37.6 Å². The fourth-order valence-electron chi connectivity index (χ4n) is 1.83. The molecule has 0 spiro atoms. The third-order valence-electron chi connectivity index (χ3n) is 2.88. The normalized spacial score (nSPS) is 10.9. The lowest BCUT2D eigenvalue weighted by atomic mass is 10.1. The number of rotatable bonds is 6. The highest BCUT2D eigenvalue weighted by molar-refractivity contribution is 5.18. The Balaban J connectivity index is 1.79. The van der Waals surface area contributed by atoms with E-state index in [-0.39, 0.29) is 0 Å². The third kappa shape index (κ3) is 3.57. The van der Waals surface area contributed by atoms with Crippen molar-refractivity contribution < 1.29 is 8.78 Å². The molecule has 19 heavy (non-hydrogen) atoms. The zero-order valence-electron chi connectivity index (χ0n) is 10.7. The molecule has 0 aliphatic rings. The fourth-order valence-corrected chi connectivity index (χ4v) is 1.83. The van der Waals surface area contributed by atoms with Crippen LogP contribution >= 0.6 is 0 Å². The predicted molar refractivity (Wildman–Crippen MR) is 67.5 cm³/mol. The Morgan fingerprint density at radius 2 is 2.11 bits per heavy atom. The van der Waals surface area contributed by atoms with Gasteiger partial charge in [0.25, 0.3) is 0 Å². The molecule has 0 bridgehead atoms. The Morgan fingerprint density at radius 1 is 1.26 bits per heavy atom. The fraction of sp³-hybridized carbons (Fsp3) is 0.385. The van der Waals surface area contributed by atoms with Crippen molar-refractivity contribution in [3.05, 3.63) is 47.3 Å². The second-order valence-corrected chi connectivity index (χ2v) is 4.22. The van der Waals surface area contributed by atoms with Gasteiger partial charge in [-0.25, -0.2) is 13.5 Å². The van der Waals surface area contributed by atoms with Crippen LogP contribution < -0.4 is 5.32 Å². The van der Waals surface area contributed by atoms with E-state index >= 15 is 0 Å². The van der Waals surface area contributed by atoms with Crippen LogP contribution in [0.1, 0.15) is 18.2 Å². The molecule has 2 aromatic rings. The summed E-state index contributed by atoms with van der Waals surface area (Å²) >= 11 is 0. The number of nitrogens with zero attached hydrogens (tertiary/aromatic N) is 3. The van der Waals surface area contributed by atoms with E-state index < -0.39 is 11.6 Å². The molecule has 0 atom stereocenters. The van der Waals surface area contributed by atoms with Gasteiger partial charge in [-0.2, -0.15) is 0 Å². The quantitative estimate of drug-likeness (QED) is 0.812. The molecule has 102 valence electrons. The summed E-state index contributed by atoms with van der Waals surface area (Å²) in [6.45, 7) is 4.12. The highest BCUT2D eigenvalue weighted by atomic mass is 19.2. The number of nitrogens with one attached hydrogen (secondary N) is 1. The summed E-state index contributed by atoms with van der Waals surface area (Å²) in [4.78, 5) is 0. The van der Waals surface area contributed by atoms with Gasteiger partial charge in [0.1, 0.15) is 0 Å². The van der Waals surface area contributed by atoms with Gasteiger partial charge in [0, 0.05) is 13.1 Å². The van der Waals surface area contributed by atoms with Crippen LogP contribution in [0.15, 0.2) is 24.4 Å². The average molecular weight is 266 g/mol. The minimum Gasteiger partial charge on any atom is -0.311 e. The smallest absolute Gasteiger partial charge is 0.159 e. The second-order valence-electron chi connectivity index (χ2n) is 4.22. The molecule has 0 radical (unpaired) electrons. The van der Waals surface area contributed by atoms with Gasteiger partial charge in [0.05, 0.1) is 11.9 Å². The summed E-state index contributed by atoms with van der Waals surface area (Å²) in [7, 11) is 0. The maximum atomic E-state index is 13.0. The van der Waals surface area contributed by atoms with E-state index in [0.29, 0.717) is 19.5 Å². The summed E-state index contributed by atoms with van der Waals surface area (Å²) in [6, 6.07) is 3.98. The zero-order chi connectivity index (χ0) is 13.7. The molecule has 0 aliphatic carbocycles. The maximum absolute atomic E-state index is 13.0. The number of aryl methyl sites for hydroxylation is 1. The SMILES string of the molecule is CCn1nncc1CNCCc1ccc(F)c(F)c1. The summed E-state index contributed by atoms with van der Waals surface area (Å²) in [5, 5.41) is 11.0. The van der Waals surface area contributed by atoms with Crippen molar-refractivity contribution in [1.82, 2.24) is 20.3 Å². The Bertz CT molecular complexity index is 539. The second kappa shape index (κ2) is 6.38. The lowest BCUT2D eigenvalue weighted by Gasteiger charge is -2.06. The number of hydrogen-bond acceptors (Lipinski definition) is 3. The highest BCUT2D eigenvalue weighted by Gasteiger charge is 2.03. The van der Waals surface area contributed by atoms with Crippen molar-refractivity contribution in [2.24, 2.45) is 0 Å². The number of halogens is 2. The van der Waals surface area contributed by atoms with Crippen LogP contribution in [0.2, 0.25) is 0 Å². The van der Waals surface area contributed by atoms with Crippen molar-refractivity contribution in [1.29, 1.82) is 0 Å². The molecule has 4 nitrogen and oxygen atoms in total. The first-order chi connectivity index (χ1) is 9.20. The molecule has 0 saturated carbocycles. The Labute approximate surface area is 110 Å². The van der Waals surface area contributed by atoms with Gasteiger partial charge in [0.15, 0.2) is 11.6 Å². The number of benzene rings is 1. The van der Waals surface area contributed by atoms with Gasteiger partial charge < -0.3 is 5.32 Å². The molecule has 1 aromatic carbocycles. The van der Waals surface area contributed by atoms with Gasteiger partial charge in [-0.1, -0.05) is 11.3 Å². The van der Waals surface area contributed by atoms with E-state index in [2.05, 4.69) is 15.6 Å². The lowest BCUT2D eigenvalue weighted by Crippen LogP contribution is -2.19. The van der Waals surface area contributed by atoms with Crippen LogP contribution in [0.25, 0.3) is 0 Å². The van der Waals surface area contributed by atoms with E-state index in [1.807, 2.05) is 11.6 Å². The van der Waals surface area contributed by atoms with E-state index in [1.54, 1.807) is 12.3 Å². The van der Waals surface area contributed by atoms with E-state index in [4.69, 9.17) is 0 Å². The van der Waals surface area contributed by atoms with Crippen molar-refractivity contribution in [2.45, 2.75) is 26.4 Å². The van der Waals surface area contributed by atoms with Crippen molar-refractivity contribution in [3.8, 4) is 0 Å². The number of aromatic nitrogens is 3. The van der Waals surface area contributed by atoms with Crippen LogP contribution in [0, 0.1) is 11.6 Å². The molecule has 0 amide bonds. The molecule has 0 saturated heterocycles. The monoisotopic (exact) mass is 266 g/mol. The molecule has 0 unspecified atom stereocenters. The average Bonchev–Trinajstić information content (AvgIpc) is 2.86. The minimum absolute atomic E-state index is 0.644. The Morgan fingerprint density at radius 3 is 2.84 bits per heavy atom. The van der Waals surface area contributed by atoms with E-state index in [9.17, 15) is 8.78 Å². The largest absolute Gasteiger partial charge is 0.311 e. The van der Waals surface area contributed by atoms with Gasteiger partial charge in [-0.3, -0.25) is 0 Å². The van der Waals surface area contributed by atoms with Crippen LogP contribution in [-0.2, 0) is 19.5 Å².